The summed E-state index contributed by atoms with van der Waals surface area (Å²) in [5.74, 6) is 0.327. The predicted octanol–water partition coefficient (Wildman–Crippen LogP) is 2.07. The van der Waals surface area contributed by atoms with Gasteiger partial charge in [0.1, 0.15) is 0 Å². The Bertz CT molecular complexity index is 746. The largest absolute Gasteiger partial charge is 0.454 e. The van der Waals surface area contributed by atoms with Gasteiger partial charge in [0, 0.05) is 10.6 Å². The fourth-order valence-electron chi connectivity index (χ4n) is 2.07. The second-order valence-corrected chi connectivity index (χ2v) is 5.31. The maximum atomic E-state index is 12.0. The van der Waals surface area contributed by atoms with Gasteiger partial charge in [-0.15, -0.1) is 0 Å². The summed E-state index contributed by atoms with van der Waals surface area (Å²) in [5, 5.41) is 0.602. The van der Waals surface area contributed by atoms with E-state index in [-0.39, 0.29) is 19.1 Å². The second-order valence-electron chi connectivity index (χ2n) is 4.87. The van der Waals surface area contributed by atoms with Crippen molar-refractivity contribution in [3.05, 3.63) is 58.6 Å². The zero-order chi connectivity index (χ0) is 16.2. The molecule has 1 aliphatic rings. The fraction of sp³-hybridized carbons (Fsp3) is 0.125. The van der Waals surface area contributed by atoms with Crippen molar-refractivity contribution < 1.29 is 19.1 Å². The molecule has 23 heavy (non-hydrogen) atoms. The van der Waals surface area contributed by atoms with E-state index in [4.69, 9.17) is 21.1 Å². The minimum absolute atomic E-state index is 0.137. The molecule has 1 aliphatic heterocycles. The maximum absolute atomic E-state index is 12.0. The summed E-state index contributed by atoms with van der Waals surface area (Å²) in [6.07, 6.45) is 0.137. The van der Waals surface area contributed by atoms with Gasteiger partial charge >= 0.3 is 0 Å². The molecular formula is C16H13ClN2O4. The first kappa shape index (κ1) is 15.2. The van der Waals surface area contributed by atoms with Crippen LogP contribution in [0.1, 0.15) is 15.9 Å². The van der Waals surface area contributed by atoms with E-state index in [0.717, 1.165) is 5.56 Å². The monoisotopic (exact) mass is 332 g/mol. The Morgan fingerprint density at radius 2 is 1.74 bits per heavy atom. The van der Waals surface area contributed by atoms with Crippen LogP contribution < -0.4 is 20.3 Å². The number of rotatable bonds is 3. The van der Waals surface area contributed by atoms with Gasteiger partial charge in [0.05, 0.1) is 6.42 Å². The number of fused-ring (bicyclic) bond motifs is 1. The number of halogens is 1. The van der Waals surface area contributed by atoms with E-state index in [1.165, 1.54) is 0 Å². The smallest absolute Gasteiger partial charge is 0.269 e. The lowest BCUT2D eigenvalue weighted by Gasteiger charge is -2.08. The van der Waals surface area contributed by atoms with Crippen molar-refractivity contribution in [2.45, 2.75) is 6.42 Å². The molecule has 2 aromatic carbocycles. The summed E-state index contributed by atoms with van der Waals surface area (Å²) in [6, 6.07) is 11.7. The zero-order valence-electron chi connectivity index (χ0n) is 12.0. The van der Waals surface area contributed by atoms with E-state index in [2.05, 4.69) is 10.9 Å². The van der Waals surface area contributed by atoms with Crippen LogP contribution in [0.5, 0.6) is 11.5 Å². The number of hydrogen-bond donors (Lipinski definition) is 2. The van der Waals surface area contributed by atoms with Crippen LogP contribution in [0.3, 0.4) is 0 Å². The van der Waals surface area contributed by atoms with Gasteiger partial charge in [-0.2, -0.15) is 0 Å². The molecule has 6 nitrogen and oxygen atoms in total. The Morgan fingerprint density at radius 3 is 2.52 bits per heavy atom. The first-order valence-corrected chi connectivity index (χ1v) is 7.23. The van der Waals surface area contributed by atoms with Crippen molar-refractivity contribution in [2.24, 2.45) is 0 Å². The summed E-state index contributed by atoms with van der Waals surface area (Å²) in [6.45, 7) is 0.137. The lowest BCUT2D eigenvalue weighted by atomic mass is 10.1. The standard InChI is InChI=1S/C16H13ClN2O4/c17-12-4-1-10(2-5-12)7-15(20)18-19-16(21)11-3-6-13-14(8-11)23-9-22-13/h1-6,8H,7,9H2,(H,18,20)(H,19,21). The van der Waals surface area contributed by atoms with Crippen molar-refractivity contribution in [3.8, 4) is 11.5 Å². The number of amides is 2. The van der Waals surface area contributed by atoms with Gasteiger partial charge in [0.15, 0.2) is 11.5 Å². The van der Waals surface area contributed by atoms with Gasteiger partial charge in [-0.3, -0.25) is 20.4 Å². The molecular weight excluding hydrogens is 320 g/mol. The average molecular weight is 333 g/mol. The zero-order valence-corrected chi connectivity index (χ0v) is 12.7. The Hall–Kier alpha value is -2.73. The molecule has 2 amide bonds. The minimum atomic E-state index is -0.437. The van der Waals surface area contributed by atoms with Crippen LogP contribution in [0.15, 0.2) is 42.5 Å². The molecule has 0 radical (unpaired) electrons. The van der Waals surface area contributed by atoms with Gasteiger partial charge in [-0.1, -0.05) is 23.7 Å². The van der Waals surface area contributed by atoms with E-state index in [1.54, 1.807) is 42.5 Å². The van der Waals surface area contributed by atoms with Crippen molar-refractivity contribution >= 4 is 23.4 Å². The van der Waals surface area contributed by atoms with Crippen LogP contribution in [-0.2, 0) is 11.2 Å². The van der Waals surface area contributed by atoms with Crippen LogP contribution in [0.25, 0.3) is 0 Å². The highest BCUT2D eigenvalue weighted by molar-refractivity contribution is 6.30. The highest BCUT2D eigenvalue weighted by Gasteiger charge is 2.16. The van der Waals surface area contributed by atoms with Crippen LogP contribution in [0.4, 0.5) is 0 Å². The van der Waals surface area contributed by atoms with Crippen molar-refractivity contribution in [1.82, 2.24) is 10.9 Å². The molecule has 0 atom stereocenters. The lowest BCUT2D eigenvalue weighted by Crippen LogP contribution is -2.42. The third kappa shape index (κ3) is 3.73. The van der Waals surface area contributed by atoms with E-state index in [0.29, 0.717) is 22.1 Å². The quantitative estimate of drug-likeness (QED) is 0.844. The molecule has 0 fully saturated rings. The summed E-state index contributed by atoms with van der Waals surface area (Å²) < 4.78 is 10.4. The van der Waals surface area contributed by atoms with E-state index >= 15 is 0 Å². The van der Waals surface area contributed by atoms with Gasteiger partial charge in [0.2, 0.25) is 12.7 Å². The molecule has 2 N–H and O–H groups in total. The first-order chi connectivity index (χ1) is 11.1. The average Bonchev–Trinajstić information content (AvgIpc) is 3.02. The molecule has 0 aromatic heterocycles. The van der Waals surface area contributed by atoms with Gasteiger partial charge in [0.25, 0.3) is 5.91 Å². The third-order valence-electron chi connectivity index (χ3n) is 3.23. The molecule has 3 rings (SSSR count). The minimum Gasteiger partial charge on any atom is -0.454 e. The van der Waals surface area contributed by atoms with Crippen molar-refractivity contribution in [2.75, 3.05) is 6.79 Å². The Kier molecular flexibility index (Phi) is 4.34. The van der Waals surface area contributed by atoms with E-state index in [9.17, 15) is 9.59 Å². The Morgan fingerprint density at radius 1 is 1.00 bits per heavy atom. The van der Waals surface area contributed by atoms with Crippen LogP contribution in [-0.4, -0.2) is 18.6 Å². The number of carbonyl (C=O) groups excluding carboxylic acids is 2. The number of hydrazine groups is 1. The van der Waals surface area contributed by atoms with E-state index < -0.39 is 5.91 Å². The van der Waals surface area contributed by atoms with Crippen molar-refractivity contribution in [1.29, 1.82) is 0 Å². The number of ether oxygens (including phenoxy) is 2. The number of hydrogen-bond acceptors (Lipinski definition) is 4. The van der Waals surface area contributed by atoms with Crippen LogP contribution in [0.2, 0.25) is 5.02 Å². The van der Waals surface area contributed by atoms with Crippen LogP contribution in [0, 0.1) is 0 Å². The fourth-order valence-corrected chi connectivity index (χ4v) is 2.19. The highest BCUT2D eigenvalue weighted by Crippen LogP contribution is 2.32. The molecule has 1 heterocycles. The molecule has 7 heteroatoms. The molecule has 0 spiro atoms. The summed E-state index contributed by atoms with van der Waals surface area (Å²) in [7, 11) is 0. The predicted molar refractivity (Wildman–Crippen MR) is 83.3 cm³/mol. The molecule has 0 aliphatic carbocycles. The molecule has 0 saturated heterocycles. The number of nitrogens with one attached hydrogen (secondary N) is 2. The highest BCUT2D eigenvalue weighted by atomic mass is 35.5. The third-order valence-corrected chi connectivity index (χ3v) is 3.48. The summed E-state index contributed by atoms with van der Waals surface area (Å²) >= 11 is 5.78. The summed E-state index contributed by atoms with van der Waals surface area (Å²) in [4.78, 5) is 23.8. The first-order valence-electron chi connectivity index (χ1n) is 6.85. The molecule has 118 valence electrons. The van der Waals surface area contributed by atoms with Gasteiger partial charge < -0.3 is 9.47 Å². The SMILES string of the molecule is O=C(Cc1ccc(Cl)cc1)NNC(=O)c1ccc2c(c1)OCO2. The molecule has 0 saturated carbocycles. The second kappa shape index (κ2) is 6.58. The molecule has 2 aromatic rings. The van der Waals surface area contributed by atoms with Gasteiger partial charge in [-0.25, -0.2) is 0 Å². The normalized spacial score (nSPS) is 11.9. The molecule has 0 unspecified atom stereocenters. The lowest BCUT2D eigenvalue weighted by molar-refractivity contribution is -0.121. The molecule has 0 bridgehead atoms. The van der Waals surface area contributed by atoms with Gasteiger partial charge in [-0.05, 0) is 35.9 Å². The Labute approximate surface area is 137 Å². The number of benzene rings is 2. The maximum Gasteiger partial charge on any atom is 0.269 e. The topological polar surface area (TPSA) is 76.7 Å². The van der Waals surface area contributed by atoms with E-state index in [1.807, 2.05) is 0 Å². The van der Waals surface area contributed by atoms with Crippen molar-refractivity contribution in [3.63, 3.8) is 0 Å². The summed E-state index contributed by atoms with van der Waals surface area (Å²) in [5.41, 5.74) is 5.89. The Balaban J connectivity index is 1.54. The van der Waals surface area contributed by atoms with Crippen LogP contribution >= 0.6 is 11.6 Å². The number of carbonyl (C=O) groups is 2.